The Bertz CT molecular complexity index is 249. The number of allylic oxidation sites excluding steroid dienone is 3. The summed E-state index contributed by atoms with van der Waals surface area (Å²) in [5.41, 5.74) is 0.673. The van der Waals surface area contributed by atoms with E-state index in [0.29, 0.717) is 5.57 Å². The molecule has 0 aromatic rings. The molecular formula is C11H16O2. The van der Waals surface area contributed by atoms with E-state index in [-0.39, 0.29) is 5.97 Å². The van der Waals surface area contributed by atoms with Crippen molar-refractivity contribution in [3.63, 3.8) is 0 Å². The first kappa shape index (κ1) is 10.0. The molecule has 13 heavy (non-hydrogen) atoms. The van der Waals surface area contributed by atoms with E-state index < -0.39 is 0 Å². The van der Waals surface area contributed by atoms with Crippen LogP contribution in [0.25, 0.3) is 0 Å². The van der Waals surface area contributed by atoms with Crippen molar-refractivity contribution < 1.29 is 9.53 Å². The van der Waals surface area contributed by atoms with E-state index in [1.54, 1.807) is 13.0 Å². The Morgan fingerprint density at radius 3 is 2.85 bits per heavy atom. The molecule has 0 aromatic carbocycles. The lowest BCUT2D eigenvalue weighted by molar-refractivity contribution is -0.135. The Kier molecular flexibility index (Phi) is 3.74. The SMILES string of the molecule is CC=C(C)C(=O)OC1=CCCCC1. The second-order valence-electron chi connectivity index (χ2n) is 3.28. The molecule has 0 bridgehead atoms. The molecule has 0 heterocycles. The summed E-state index contributed by atoms with van der Waals surface area (Å²) in [5, 5.41) is 0. The van der Waals surface area contributed by atoms with Gasteiger partial charge >= 0.3 is 5.97 Å². The van der Waals surface area contributed by atoms with Crippen LogP contribution in [0.15, 0.2) is 23.5 Å². The van der Waals surface area contributed by atoms with Crippen LogP contribution in [0.3, 0.4) is 0 Å². The second-order valence-corrected chi connectivity index (χ2v) is 3.28. The van der Waals surface area contributed by atoms with Crippen LogP contribution in [0.1, 0.15) is 39.5 Å². The summed E-state index contributed by atoms with van der Waals surface area (Å²) < 4.78 is 5.20. The molecule has 2 heteroatoms. The quantitative estimate of drug-likeness (QED) is 0.482. The van der Waals surface area contributed by atoms with E-state index in [0.717, 1.165) is 25.0 Å². The molecule has 1 rings (SSSR count). The number of ether oxygens (including phenoxy) is 1. The number of carbonyl (C=O) groups excluding carboxylic acids is 1. The highest BCUT2D eigenvalue weighted by molar-refractivity contribution is 5.88. The molecule has 2 nitrogen and oxygen atoms in total. The van der Waals surface area contributed by atoms with E-state index in [9.17, 15) is 4.79 Å². The molecule has 0 fully saturated rings. The van der Waals surface area contributed by atoms with Crippen LogP contribution in [-0.4, -0.2) is 5.97 Å². The Morgan fingerprint density at radius 1 is 1.54 bits per heavy atom. The van der Waals surface area contributed by atoms with Crippen molar-refractivity contribution >= 4 is 5.97 Å². The Morgan fingerprint density at radius 2 is 2.31 bits per heavy atom. The molecule has 1 aliphatic rings. The Hall–Kier alpha value is -1.05. The summed E-state index contributed by atoms with van der Waals surface area (Å²) in [6.07, 6.45) is 8.08. The molecule has 0 amide bonds. The van der Waals surface area contributed by atoms with Crippen molar-refractivity contribution in [2.75, 3.05) is 0 Å². The predicted octanol–water partition coefficient (Wildman–Crippen LogP) is 2.95. The maximum Gasteiger partial charge on any atom is 0.338 e. The molecule has 1 aliphatic carbocycles. The van der Waals surface area contributed by atoms with Crippen LogP contribution in [-0.2, 0) is 9.53 Å². The van der Waals surface area contributed by atoms with E-state index in [1.165, 1.54) is 6.42 Å². The van der Waals surface area contributed by atoms with Crippen molar-refractivity contribution in [3.05, 3.63) is 23.5 Å². The first-order valence-corrected chi connectivity index (χ1v) is 4.78. The fourth-order valence-corrected chi connectivity index (χ4v) is 1.22. The van der Waals surface area contributed by atoms with Crippen LogP contribution in [0, 0.1) is 0 Å². The van der Waals surface area contributed by atoms with Gasteiger partial charge in [0.25, 0.3) is 0 Å². The molecule has 0 aromatic heterocycles. The second kappa shape index (κ2) is 4.85. The van der Waals surface area contributed by atoms with Crippen molar-refractivity contribution in [2.24, 2.45) is 0 Å². The molecule has 0 unspecified atom stereocenters. The molecule has 0 radical (unpaired) electrons. The summed E-state index contributed by atoms with van der Waals surface area (Å²) in [6, 6.07) is 0. The van der Waals surface area contributed by atoms with Gasteiger partial charge in [0, 0.05) is 12.0 Å². The summed E-state index contributed by atoms with van der Waals surface area (Å²) >= 11 is 0. The van der Waals surface area contributed by atoms with Gasteiger partial charge in [-0.25, -0.2) is 4.79 Å². The van der Waals surface area contributed by atoms with Crippen molar-refractivity contribution in [1.82, 2.24) is 0 Å². The minimum absolute atomic E-state index is 0.212. The van der Waals surface area contributed by atoms with Crippen molar-refractivity contribution in [2.45, 2.75) is 39.5 Å². The zero-order chi connectivity index (χ0) is 9.68. The van der Waals surface area contributed by atoms with Crippen LogP contribution in [0.2, 0.25) is 0 Å². The fourth-order valence-electron chi connectivity index (χ4n) is 1.22. The van der Waals surface area contributed by atoms with E-state index in [2.05, 4.69) is 0 Å². The number of hydrogen-bond donors (Lipinski definition) is 0. The first-order valence-electron chi connectivity index (χ1n) is 4.78. The normalized spacial score (nSPS) is 18.0. The summed E-state index contributed by atoms with van der Waals surface area (Å²) in [7, 11) is 0. The average molecular weight is 180 g/mol. The molecule has 0 aliphatic heterocycles. The lowest BCUT2D eigenvalue weighted by atomic mass is 10.1. The largest absolute Gasteiger partial charge is 0.428 e. The van der Waals surface area contributed by atoms with Crippen LogP contribution >= 0.6 is 0 Å². The van der Waals surface area contributed by atoms with Gasteiger partial charge in [0.15, 0.2) is 0 Å². The standard InChI is InChI=1S/C11H16O2/c1-3-9(2)11(12)13-10-7-5-4-6-8-10/h3,7H,4-6,8H2,1-2H3. The van der Waals surface area contributed by atoms with Crippen molar-refractivity contribution in [3.8, 4) is 0 Å². The number of hydrogen-bond acceptors (Lipinski definition) is 2. The summed E-state index contributed by atoms with van der Waals surface area (Å²) in [4.78, 5) is 11.3. The zero-order valence-electron chi connectivity index (χ0n) is 8.30. The molecule has 0 atom stereocenters. The third-order valence-corrected chi connectivity index (χ3v) is 2.23. The summed E-state index contributed by atoms with van der Waals surface area (Å²) in [6.45, 7) is 3.61. The fraction of sp³-hybridized carbons (Fsp3) is 0.545. The van der Waals surface area contributed by atoms with Gasteiger partial charge in [-0.3, -0.25) is 0 Å². The van der Waals surface area contributed by atoms with Gasteiger partial charge in [-0.1, -0.05) is 6.08 Å². The monoisotopic (exact) mass is 180 g/mol. The first-order chi connectivity index (χ1) is 6.24. The van der Waals surface area contributed by atoms with Crippen LogP contribution < -0.4 is 0 Å². The van der Waals surface area contributed by atoms with Gasteiger partial charge in [0.05, 0.1) is 0 Å². The molecule has 0 saturated heterocycles. The van der Waals surface area contributed by atoms with Gasteiger partial charge < -0.3 is 4.74 Å². The molecule has 0 spiro atoms. The lowest BCUT2D eigenvalue weighted by Crippen LogP contribution is -2.07. The minimum atomic E-state index is -0.212. The van der Waals surface area contributed by atoms with E-state index in [4.69, 9.17) is 4.74 Å². The third-order valence-electron chi connectivity index (χ3n) is 2.23. The number of rotatable bonds is 2. The maximum absolute atomic E-state index is 11.3. The summed E-state index contributed by atoms with van der Waals surface area (Å²) in [5.74, 6) is 0.633. The topological polar surface area (TPSA) is 26.3 Å². The predicted molar refractivity (Wildman–Crippen MR) is 52.1 cm³/mol. The molecule has 72 valence electrons. The minimum Gasteiger partial charge on any atom is -0.428 e. The van der Waals surface area contributed by atoms with Crippen molar-refractivity contribution in [1.29, 1.82) is 0 Å². The molecule has 0 N–H and O–H groups in total. The Labute approximate surface area is 79.3 Å². The molecule has 0 saturated carbocycles. The average Bonchev–Trinajstić information content (AvgIpc) is 2.18. The number of esters is 1. The maximum atomic E-state index is 11.3. The van der Waals surface area contributed by atoms with Gasteiger partial charge in [-0.2, -0.15) is 0 Å². The highest BCUT2D eigenvalue weighted by atomic mass is 16.5. The molecular weight excluding hydrogens is 164 g/mol. The number of carbonyl (C=O) groups is 1. The van der Waals surface area contributed by atoms with Gasteiger partial charge in [0.2, 0.25) is 0 Å². The van der Waals surface area contributed by atoms with Gasteiger partial charge in [-0.05, 0) is 39.2 Å². The van der Waals surface area contributed by atoms with E-state index in [1.807, 2.05) is 13.0 Å². The lowest BCUT2D eigenvalue weighted by Gasteiger charge is -2.12. The van der Waals surface area contributed by atoms with Gasteiger partial charge in [-0.15, -0.1) is 0 Å². The van der Waals surface area contributed by atoms with E-state index >= 15 is 0 Å². The smallest absolute Gasteiger partial charge is 0.338 e. The highest BCUT2D eigenvalue weighted by Crippen LogP contribution is 2.19. The van der Waals surface area contributed by atoms with Crippen LogP contribution in [0.4, 0.5) is 0 Å². The highest BCUT2D eigenvalue weighted by Gasteiger charge is 2.10. The zero-order valence-corrected chi connectivity index (χ0v) is 8.30. The van der Waals surface area contributed by atoms with Crippen LogP contribution in [0.5, 0.6) is 0 Å². The third kappa shape index (κ3) is 3.05. The Balaban J connectivity index is 2.48. The van der Waals surface area contributed by atoms with Gasteiger partial charge in [0.1, 0.15) is 5.76 Å².